The molecule has 0 aromatic heterocycles. The maximum Gasteiger partial charge on any atom is 0.165 e. The van der Waals surface area contributed by atoms with Gasteiger partial charge in [0.25, 0.3) is 0 Å². The fourth-order valence-corrected chi connectivity index (χ4v) is 2.66. The third-order valence-corrected chi connectivity index (χ3v) is 3.57. The third kappa shape index (κ3) is 1.52. The average Bonchev–Trinajstić information content (AvgIpc) is 2.76. The molecule has 14 heavy (non-hydrogen) atoms. The molecular formula is C12H18O2. The van der Waals surface area contributed by atoms with Gasteiger partial charge in [0, 0.05) is 5.92 Å². The van der Waals surface area contributed by atoms with Gasteiger partial charge < -0.3 is 5.11 Å². The molecule has 2 nitrogen and oxygen atoms in total. The highest BCUT2D eigenvalue weighted by atomic mass is 16.3. The Labute approximate surface area is 85.0 Å². The number of hydrogen-bond acceptors (Lipinski definition) is 2. The summed E-state index contributed by atoms with van der Waals surface area (Å²) >= 11 is 0. The molecule has 2 aliphatic carbocycles. The molecule has 4 unspecified atom stereocenters. The van der Waals surface area contributed by atoms with Crippen LogP contribution >= 0.6 is 0 Å². The number of aliphatic hydroxyl groups is 1. The average molecular weight is 194 g/mol. The Bertz CT molecular complexity index is 267. The lowest BCUT2D eigenvalue weighted by Crippen LogP contribution is -2.34. The van der Waals surface area contributed by atoms with Crippen LogP contribution in [-0.4, -0.2) is 17.0 Å². The van der Waals surface area contributed by atoms with Gasteiger partial charge in [0.15, 0.2) is 5.78 Å². The van der Waals surface area contributed by atoms with Crippen molar-refractivity contribution in [2.75, 3.05) is 0 Å². The van der Waals surface area contributed by atoms with Gasteiger partial charge in [-0.25, -0.2) is 0 Å². The zero-order valence-corrected chi connectivity index (χ0v) is 8.81. The molecule has 0 aromatic carbocycles. The van der Waals surface area contributed by atoms with Crippen LogP contribution in [0.25, 0.3) is 0 Å². The molecule has 0 aliphatic heterocycles. The van der Waals surface area contributed by atoms with Crippen molar-refractivity contribution in [2.24, 2.45) is 23.7 Å². The molecule has 4 atom stereocenters. The number of allylic oxidation sites excluding steroid dienone is 2. The molecule has 78 valence electrons. The van der Waals surface area contributed by atoms with Crippen LogP contribution in [0.1, 0.15) is 26.7 Å². The second-order valence-electron chi connectivity index (χ2n) is 4.98. The lowest BCUT2D eigenvalue weighted by Gasteiger charge is -2.22. The quantitative estimate of drug-likeness (QED) is 0.695. The molecule has 2 aliphatic rings. The van der Waals surface area contributed by atoms with Crippen molar-refractivity contribution < 1.29 is 9.90 Å². The molecule has 0 spiro atoms. The van der Waals surface area contributed by atoms with E-state index >= 15 is 0 Å². The predicted molar refractivity (Wildman–Crippen MR) is 54.7 cm³/mol. The van der Waals surface area contributed by atoms with E-state index in [2.05, 4.69) is 12.2 Å². The molecule has 0 heterocycles. The summed E-state index contributed by atoms with van der Waals surface area (Å²) < 4.78 is 0. The second-order valence-corrected chi connectivity index (χ2v) is 4.98. The summed E-state index contributed by atoms with van der Waals surface area (Å²) in [6.45, 7) is 3.79. The first kappa shape index (κ1) is 9.91. The molecule has 2 bridgehead atoms. The van der Waals surface area contributed by atoms with Gasteiger partial charge >= 0.3 is 0 Å². The fraction of sp³-hybridized carbons (Fsp3) is 0.750. The highest BCUT2D eigenvalue weighted by Crippen LogP contribution is 2.44. The molecule has 0 radical (unpaired) electrons. The molecule has 2 heteroatoms. The van der Waals surface area contributed by atoms with Crippen LogP contribution in [0.4, 0.5) is 0 Å². The Morgan fingerprint density at radius 2 is 2.07 bits per heavy atom. The number of hydrogen-bond donors (Lipinski definition) is 1. The SMILES string of the molecule is CC(C)C(O)C(=O)C1CC2C=CC1C2. The molecule has 1 N–H and O–H groups in total. The minimum absolute atomic E-state index is 0.0469. The van der Waals surface area contributed by atoms with Gasteiger partial charge in [0.05, 0.1) is 0 Å². The lowest BCUT2D eigenvalue weighted by atomic mass is 9.84. The third-order valence-electron chi connectivity index (χ3n) is 3.57. The molecule has 0 amide bonds. The zero-order chi connectivity index (χ0) is 10.3. The van der Waals surface area contributed by atoms with Gasteiger partial charge in [-0.2, -0.15) is 0 Å². The van der Waals surface area contributed by atoms with Crippen molar-refractivity contribution in [1.82, 2.24) is 0 Å². The van der Waals surface area contributed by atoms with Crippen molar-refractivity contribution in [3.8, 4) is 0 Å². The van der Waals surface area contributed by atoms with Crippen LogP contribution in [0.5, 0.6) is 0 Å². The predicted octanol–water partition coefficient (Wildman–Crippen LogP) is 1.78. The van der Waals surface area contributed by atoms with E-state index < -0.39 is 6.10 Å². The van der Waals surface area contributed by atoms with E-state index in [-0.39, 0.29) is 17.6 Å². The van der Waals surface area contributed by atoms with Crippen LogP contribution in [0.3, 0.4) is 0 Å². The number of rotatable bonds is 3. The summed E-state index contributed by atoms with van der Waals surface area (Å²) in [6.07, 6.45) is 5.71. The summed E-state index contributed by atoms with van der Waals surface area (Å²) in [4.78, 5) is 11.9. The monoisotopic (exact) mass is 194 g/mol. The summed E-state index contributed by atoms with van der Waals surface area (Å²) in [7, 11) is 0. The normalized spacial score (nSPS) is 36.7. The molecule has 0 saturated heterocycles. The van der Waals surface area contributed by atoms with Crippen molar-refractivity contribution in [2.45, 2.75) is 32.8 Å². The lowest BCUT2D eigenvalue weighted by molar-refractivity contribution is -0.134. The van der Waals surface area contributed by atoms with E-state index in [4.69, 9.17) is 0 Å². The summed E-state index contributed by atoms with van der Waals surface area (Å²) in [6, 6.07) is 0. The summed E-state index contributed by atoms with van der Waals surface area (Å²) in [5, 5.41) is 9.71. The fourth-order valence-electron chi connectivity index (χ4n) is 2.66. The van der Waals surface area contributed by atoms with E-state index in [1.807, 2.05) is 13.8 Å². The zero-order valence-electron chi connectivity index (χ0n) is 8.81. The molecule has 1 fully saturated rings. The van der Waals surface area contributed by atoms with E-state index in [0.717, 1.165) is 12.8 Å². The van der Waals surface area contributed by atoms with E-state index in [9.17, 15) is 9.90 Å². The van der Waals surface area contributed by atoms with Crippen molar-refractivity contribution in [3.63, 3.8) is 0 Å². The number of carbonyl (C=O) groups excluding carboxylic acids is 1. The van der Waals surface area contributed by atoms with Crippen molar-refractivity contribution in [3.05, 3.63) is 12.2 Å². The summed E-state index contributed by atoms with van der Waals surface area (Å²) in [5.74, 6) is 1.24. The van der Waals surface area contributed by atoms with Gasteiger partial charge in [0.1, 0.15) is 6.10 Å². The first-order valence-electron chi connectivity index (χ1n) is 5.49. The molecule has 2 rings (SSSR count). The smallest absolute Gasteiger partial charge is 0.165 e. The Morgan fingerprint density at radius 3 is 2.50 bits per heavy atom. The second kappa shape index (κ2) is 3.50. The van der Waals surface area contributed by atoms with Crippen LogP contribution < -0.4 is 0 Å². The summed E-state index contributed by atoms with van der Waals surface area (Å²) in [5.41, 5.74) is 0. The van der Waals surface area contributed by atoms with E-state index in [0.29, 0.717) is 11.8 Å². The molecular weight excluding hydrogens is 176 g/mol. The molecule has 1 saturated carbocycles. The highest BCUT2D eigenvalue weighted by molar-refractivity contribution is 5.86. The van der Waals surface area contributed by atoms with Crippen LogP contribution in [0.2, 0.25) is 0 Å². The van der Waals surface area contributed by atoms with Gasteiger partial charge in [-0.3, -0.25) is 4.79 Å². The largest absolute Gasteiger partial charge is 0.385 e. The Balaban J connectivity index is 2.03. The first-order valence-corrected chi connectivity index (χ1v) is 5.49. The van der Waals surface area contributed by atoms with Gasteiger partial charge in [0.2, 0.25) is 0 Å². The number of aliphatic hydroxyl groups excluding tert-OH is 1. The van der Waals surface area contributed by atoms with Gasteiger partial charge in [-0.05, 0) is 30.6 Å². The number of ketones is 1. The Morgan fingerprint density at radius 1 is 1.36 bits per heavy atom. The van der Waals surface area contributed by atoms with Crippen molar-refractivity contribution >= 4 is 5.78 Å². The van der Waals surface area contributed by atoms with Crippen LogP contribution in [-0.2, 0) is 4.79 Å². The topological polar surface area (TPSA) is 37.3 Å². The maximum absolute atomic E-state index is 11.9. The minimum Gasteiger partial charge on any atom is -0.385 e. The number of carbonyl (C=O) groups is 1. The van der Waals surface area contributed by atoms with Gasteiger partial charge in [-0.15, -0.1) is 0 Å². The van der Waals surface area contributed by atoms with E-state index in [1.165, 1.54) is 0 Å². The Hall–Kier alpha value is -0.630. The van der Waals surface area contributed by atoms with Gasteiger partial charge in [-0.1, -0.05) is 26.0 Å². The minimum atomic E-state index is -0.757. The number of fused-ring (bicyclic) bond motifs is 2. The van der Waals surface area contributed by atoms with Crippen LogP contribution in [0.15, 0.2) is 12.2 Å². The highest BCUT2D eigenvalue weighted by Gasteiger charge is 2.41. The first-order chi connectivity index (χ1) is 6.59. The van der Waals surface area contributed by atoms with E-state index in [1.54, 1.807) is 0 Å². The number of Topliss-reactive ketones (excluding diaryl/α,β-unsaturated/α-hetero) is 1. The maximum atomic E-state index is 11.9. The Kier molecular flexibility index (Phi) is 2.48. The molecule has 0 aromatic rings. The van der Waals surface area contributed by atoms with Crippen LogP contribution in [0, 0.1) is 23.7 Å². The standard InChI is InChI=1S/C12H18O2/c1-7(2)11(13)12(14)10-6-8-3-4-9(10)5-8/h3-4,7-11,13H,5-6H2,1-2H3. The van der Waals surface area contributed by atoms with Crippen molar-refractivity contribution in [1.29, 1.82) is 0 Å².